The van der Waals surface area contributed by atoms with Gasteiger partial charge in [0.1, 0.15) is 0 Å². The molecule has 0 fully saturated rings. The minimum Gasteiger partial charge on any atom is -0.312 e. The van der Waals surface area contributed by atoms with Crippen molar-refractivity contribution in [1.29, 1.82) is 0 Å². The number of pyridine rings is 1. The van der Waals surface area contributed by atoms with Crippen molar-refractivity contribution in [1.82, 2.24) is 4.98 Å². The summed E-state index contributed by atoms with van der Waals surface area (Å²) >= 11 is 0. The summed E-state index contributed by atoms with van der Waals surface area (Å²) in [5.74, 6) is 0. The molecule has 0 radical (unpaired) electrons. The van der Waals surface area contributed by atoms with Gasteiger partial charge < -0.3 is 9.80 Å². The molecule has 53 heavy (non-hydrogen) atoms. The van der Waals surface area contributed by atoms with E-state index in [-0.39, 0.29) is 20.1 Å². The Kier molecular flexibility index (Phi) is 6.84. The highest BCUT2D eigenvalue weighted by Gasteiger charge is 2.49. The summed E-state index contributed by atoms with van der Waals surface area (Å²) in [7, 11) is 0. The summed E-state index contributed by atoms with van der Waals surface area (Å²) in [6, 6.07) is 67.3. The Morgan fingerprint density at radius 1 is 0.340 bits per heavy atom. The third-order valence-corrected chi connectivity index (χ3v) is 11.5. The highest BCUT2D eigenvalue weighted by atomic mass is 15.2. The first-order valence-electron chi connectivity index (χ1n) is 18.5. The Labute approximate surface area is 311 Å². The zero-order chi connectivity index (χ0) is 34.9. The van der Waals surface area contributed by atoms with E-state index in [0.717, 1.165) is 11.4 Å². The number of aromatic nitrogens is 1. The van der Waals surface area contributed by atoms with Crippen LogP contribution in [0.3, 0.4) is 0 Å². The zero-order valence-electron chi connectivity index (χ0n) is 29.0. The fourth-order valence-corrected chi connectivity index (χ4v) is 9.53. The quantitative estimate of drug-likeness (QED) is 0.257. The molecule has 0 bridgehead atoms. The van der Waals surface area contributed by atoms with Crippen LogP contribution in [-0.2, 0) is 0 Å². The molecule has 3 aliphatic heterocycles. The van der Waals surface area contributed by atoms with Gasteiger partial charge in [0.15, 0.2) is 0 Å². The molecule has 0 unspecified atom stereocenters. The first kappa shape index (κ1) is 30.1. The van der Waals surface area contributed by atoms with Gasteiger partial charge in [-0.25, -0.2) is 0 Å². The Morgan fingerprint density at radius 3 is 1.45 bits per heavy atom. The van der Waals surface area contributed by atoms with Gasteiger partial charge in [-0.2, -0.15) is 0 Å². The van der Waals surface area contributed by atoms with Gasteiger partial charge in [-0.15, -0.1) is 0 Å². The van der Waals surface area contributed by atoms with E-state index in [9.17, 15) is 0 Å². The maximum Gasteiger partial charge on any atom is 0.249 e. The monoisotopic (exact) mass is 671 g/mol. The second-order valence-electron chi connectivity index (χ2n) is 14.2. The molecule has 7 aromatic carbocycles. The molecular weight excluding hydrogens is 639 g/mol. The van der Waals surface area contributed by atoms with Crippen LogP contribution in [0, 0.1) is 0 Å². The van der Waals surface area contributed by atoms with Crippen LogP contribution in [0.15, 0.2) is 194 Å². The molecule has 244 valence electrons. The van der Waals surface area contributed by atoms with E-state index in [2.05, 4.69) is 197 Å². The smallest absolute Gasteiger partial charge is 0.249 e. The molecule has 0 saturated carbocycles. The lowest BCUT2D eigenvalue weighted by atomic mass is 9.19. The summed E-state index contributed by atoms with van der Waals surface area (Å²) in [5, 5.41) is 0. The fraction of sp³-hybridized carbons (Fsp3) is 0. The Bertz CT molecular complexity index is 2640. The molecule has 0 aliphatic carbocycles. The summed E-state index contributed by atoms with van der Waals surface area (Å²) in [5.41, 5.74) is 19.2. The molecule has 3 aliphatic rings. The van der Waals surface area contributed by atoms with Crippen molar-refractivity contribution in [2.24, 2.45) is 0 Å². The van der Waals surface area contributed by atoms with Crippen LogP contribution >= 0.6 is 0 Å². The Morgan fingerprint density at radius 2 is 0.811 bits per heavy atom. The molecule has 0 atom stereocenters. The topological polar surface area (TPSA) is 19.4 Å². The van der Waals surface area contributed by atoms with Crippen LogP contribution in [0.4, 0.5) is 34.1 Å². The fourth-order valence-electron chi connectivity index (χ4n) is 9.53. The highest BCUT2D eigenvalue weighted by Crippen LogP contribution is 2.42. The predicted octanol–water partition coefficient (Wildman–Crippen LogP) is 4.51. The van der Waals surface area contributed by atoms with Gasteiger partial charge in [0, 0.05) is 46.5 Å². The first-order valence-corrected chi connectivity index (χ1v) is 18.5. The van der Waals surface area contributed by atoms with Gasteiger partial charge in [0.05, 0.1) is 0 Å². The molecule has 4 heterocycles. The van der Waals surface area contributed by atoms with E-state index < -0.39 is 0 Å². The van der Waals surface area contributed by atoms with E-state index >= 15 is 0 Å². The predicted molar refractivity (Wildman–Crippen MR) is 227 cm³/mol. The SMILES string of the molecule is c1ccc(B2c3ccccc3B3c4ccccc4N(c4ccccc4)c4c3c2cc2c4B(c3ccccc3)c3ccccc3N2c2ccncc2)cc1. The molecule has 0 spiro atoms. The normalized spacial score (nSPS) is 13.5. The van der Waals surface area contributed by atoms with Gasteiger partial charge in [0.2, 0.25) is 20.1 Å². The lowest BCUT2D eigenvalue weighted by molar-refractivity contribution is 1.24. The van der Waals surface area contributed by atoms with Crippen LogP contribution in [-0.4, -0.2) is 25.1 Å². The maximum atomic E-state index is 4.46. The van der Waals surface area contributed by atoms with Crippen molar-refractivity contribution in [3.8, 4) is 0 Å². The molecule has 11 rings (SSSR count). The number of rotatable bonds is 4. The molecule has 1 aromatic heterocycles. The number of benzene rings is 7. The van der Waals surface area contributed by atoms with Crippen LogP contribution in [0.2, 0.25) is 0 Å². The number of nitrogens with zero attached hydrogens (tertiary/aromatic N) is 3. The van der Waals surface area contributed by atoms with Crippen molar-refractivity contribution in [3.63, 3.8) is 0 Å². The van der Waals surface area contributed by atoms with Gasteiger partial charge in [-0.3, -0.25) is 4.98 Å². The van der Waals surface area contributed by atoms with E-state index in [1.165, 1.54) is 71.9 Å². The Hall–Kier alpha value is -6.52. The van der Waals surface area contributed by atoms with Gasteiger partial charge in [-0.05, 0) is 64.3 Å². The summed E-state index contributed by atoms with van der Waals surface area (Å²) in [4.78, 5) is 9.52. The molecule has 6 heteroatoms. The molecular formula is C47H32B3N3. The van der Waals surface area contributed by atoms with Crippen molar-refractivity contribution in [2.75, 3.05) is 9.80 Å². The maximum absolute atomic E-state index is 4.46. The lowest BCUT2D eigenvalue weighted by Gasteiger charge is -2.47. The first-order chi connectivity index (χ1) is 26.4. The second kappa shape index (κ2) is 12.0. The molecule has 0 N–H and O–H groups in total. The summed E-state index contributed by atoms with van der Waals surface area (Å²) in [6.45, 7) is 0.114. The van der Waals surface area contributed by atoms with E-state index in [1.807, 2.05) is 12.4 Å². The minimum atomic E-state index is -0.00902. The van der Waals surface area contributed by atoms with Crippen LogP contribution in [0.25, 0.3) is 0 Å². The number of hydrogen-bond donors (Lipinski definition) is 0. The van der Waals surface area contributed by atoms with Crippen LogP contribution in [0.1, 0.15) is 0 Å². The number of para-hydroxylation sites is 3. The average molecular weight is 671 g/mol. The van der Waals surface area contributed by atoms with Crippen molar-refractivity contribution < 1.29 is 0 Å². The number of fused-ring (bicyclic) bond motifs is 7. The Balaban J connectivity index is 1.36. The molecule has 0 saturated heterocycles. The number of hydrogen-bond acceptors (Lipinski definition) is 3. The van der Waals surface area contributed by atoms with Gasteiger partial charge in [0.25, 0.3) is 0 Å². The van der Waals surface area contributed by atoms with E-state index in [4.69, 9.17) is 0 Å². The van der Waals surface area contributed by atoms with E-state index in [1.54, 1.807) is 0 Å². The third kappa shape index (κ3) is 4.48. The summed E-state index contributed by atoms with van der Waals surface area (Å²) < 4.78 is 0. The van der Waals surface area contributed by atoms with Gasteiger partial charge >= 0.3 is 0 Å². The molecule has 8 aromatic rings. The molecule has 3 nitrogen and oxygen atoms in total. The largest absolute Gasteiger partial charge is 0.312 e. The summed E-state index contributed by atoms with van der Waals surface area (Å²) in [6.07, 6.45) is 3.82. The standard InChI is InChI=1S/C47H32B3N3/c1-4-16-33(17-5-1)48-37-22-10-11-23-38(37)50-40-25-13-15-27-43(40)53(35-20-8-3-9-21-35)47-45(50)41(48)32-44-46(47)49(34-18-6-2-7-19-34)39-24-12-14-26-42(39)52(44)36-28-30-51-31-29-36/h1-32H. The van der Waals surface area contributed by atoms with Crippen LogP contribution in [0.5, 0.6) is 0 Å². The average Bonchev–Trinajstić information content (AvgIpc) is 3.24. The highest BCUT2D eigenvalue weighted by molar-refractivity contribution is 7.13. The van der Waals surface area contributed by atoms with Crippen molar-refractivity contribution in [3.05, 3.63) is 194 Å². The second-order valence-corrected chi connectivity index (χ2v) is 14.2. The molecule has 0 amide bonds. The van der Waals surface area contributed by atoms with E-state index in [0.29, 0.717) is 0 Å². The zero-order valence-corrected chi connectivity index (χ0v) is 29.0. The van der Waals surface area contributed by atoms with Gasteiger partial charge in [-0.1, -0.05) is 167 Å². The minimum absolute atomic E-state index is 0.00902. The number of anilines is 6. The van der Waals surface area contributed by atoms with Crippen molar-refractivity contribution >= 4 is 103 Å². The third-order valence-electron chi connectivity index (χ3n) is 11.5. The van der Waals surface area contributed by atoms with Crippen LogP contribution < -0.4 is 59.0 Å². The lowest BCUT2D eigenvalue weighted by Crippen LogP contribution is -2.78. The van der Waals surface area contributed by atoms with Crippen molar-refractivity contribution in [2.45, 2.75) is 0 Å².